The Labute approximate surface area is 92.5 Å². The van der Waals surface area contributed by atoms with E-state index in [1.807, 2.05) is 0 Å². The van der Waals surface area contributed by atoms with E-state index >= 15 is 0 Å². The van der Waals surface area contributed by atoms with Crippen LogP contribution in [0.3, 0.4) is 0 Å². The predicted octanol–water partition coefficient (Wildman–Crippen LogP) is -0.00560. The SMILES string of the molecule is C[C@H](N)C(=O)Nc1ccc(CC(=O)O)nc1. The minimum absolute atomic E-state index is 0.137. The van der Waals surface area contributed by atoms with Gasteiger partial charge in [0.1, 0.15) is 0 Å². The fraction of sp³-hybridized carbons (Fsp3) is 0.300. The van der Waals surface area contributed by atoms with Crippen LogP contribution in [-0.2, 0) is 16.0 Å². The molecule has 6 nitrogen and oxygen atoms in total. The van der Waals surface area contributed by atoms with Gasteiger partial charge in [-0.15, -0.1) is 0 Å². The van der Waals surface area contributed by atoms with Crippen LogP contribution in [0, 0.1) is 0 Å². The number of aromatic nitrogens is 1. The second-order valence-corrected chi connectivity index (χ2v) is 3.39. The second kappa shape index (κ2) is 5.22. The zero-order valence-corrected chi connectivity index (χ0v) is 8.80. The van der Waals surface area contributed by atoms with Gasteiger partial charge >= 0.3 is 5.97 Å². The van der Waals surface area contributed by atoms with Crippen LogP contribution < -0.4 is 11.1 Å². The van der Waals surface area contributed by atoms with Crippen molar-refractivity contribution in [3.8, 4) is 0 Å². The summed E-state index contributed by atoms with van der Waals surface area (Å²) < 4.78 is 0. The molecule has 0 unspecified atom stereocenters. The van der Waals surface area contributed by atoms with Crippen molar-refractivity contribution >= 4 is 17.6 Å². The molecule has 1 atom stereocenters. The summed E-state index contributed by atoms with van der Waals surface area (Å²) in [4.78, 5) is 25.5. The van der Waals surface area contributed by atoms with Crippen LogP contribution in [0.25, 0.3) is 0 Å². The largest absolute Gasteiger partial charge is 0.481 e. The van der Waals surface area contributed by atoms with Crippen molar-refractivity contribution in [3.63, 3.8) is 0 Å². The number of nitrogens with two attached hydrogens (primary N) is 1. The first kappa shape index (κ1) is 12.1. The molecule has 0 saturated carbocycles. The molecule has 6 heteroatoms. The van der Waals surface area contributed by atoms with E-state index in [2.05, 4.69) is 10.3 Å². The number of rotatable bonds is 4. The number of nitrogens with zero attached hydrogens (tertiary/aromatic N) is 1. The number of amides is 1. The van der Waals surface area contributed by atoms with Gasteiger partial charge in [-0.3, -0.25) is 14.6 Å². The van der Waals surface area contributed by atoms with Crippen molar-refractivity contribution in [1.29, 1.82) is 0 Å². The van der Waals surface area contributed by atoms with Gasteiger partial charge < -0.3 is 16.2 Å². The molecular formula is C10H13N3O3. The third-order valence-corrected chi connectivity index (χ3v) is 1.84. The number of aliphatic carboxylic acids is 1. The average Bonchev–Trinajstić information content (AvgIpc) is 2.20. The van der Waals surface area contributed by atoms with Crippen molar-refractivity contribution in [3.05, 3.63) is 24.0 Å². The molecule has 0 radical (unpaired) electrons. The lowest BCUT2D eigenvalue weighted by atomic mass is 10.2. The van der Waals surface area contributed by atoms with Crippen LogP contribution >= 0.6 is 0 Å². The Hall–Kier alpha value is -1.95. The Balaban J connectivity index is 2.64. The molecule has 1 rings (SSSR count). The van der Waals surface area contributed by atoms with Crippen LogP contribution in [-0.4, -0.2) is 28.0 Å². The predicted molar refractivity (Wildman–Crippen MR) is 57.9 cm³/mol. The van der Waals surface area contributed by atoms with Crippen molar-refractivity contribution in [2.75, 3.05) is 5.32 Å². The molecule has 1 aromatic rings. The summed E-state index contributed by atoms with van der Waals surface area (Å²) >= 11 is 0. The monoisotopic (exact) mass is 223 g/mol. The molecule has 0 bridgehead atoms. The minimum Gasteiger partial charge on any atom is -0.481 e. The average molecular weight is 223 g/mol. The molecular weight excluding hydrogens is 210 g/mol. The molecule has 1 heterocycles. The number of carboxylic acids is 1. The molecule has 0 aliphatic carbocycles. The zero-order valence-electron chi connectivity index (χ0n) is 8.80. The van der Waals surface area contributed by atoms with E-state index in [1.165, 1.54) is 6.20 Å². The highest BCUT2D eigenvalue weighted by Crippen LogP contribution is 2.06. The Kier molecular flexibility index (Phi) is 3.96. The van der Waals surface area contributed by atoms with Gasteiger partial charge in [-0.2, -0.15) is 0 Å². The van der Waals surface area contributed by atoms with Gasteiger partial charge in [0.2, 0.25) is 5.91 Å². The zero-order chi connectivity index (χ0) is 12.1. The minimum atomic E-state index is -0.945. The summed E-state index contributed by atoms with van der Waals surface area (Å²) in [7, 11) is 0. The molecule has 4 N–H and O–H groups in total. The number of pyridine rings is 1. The highest BCUT2D eigenvalue weighted by molar-refractivity contribution is 5.94. The Bertz CT molecular complexity index is 387. The molecule has 1 aromatic heterocycles. The first-order chi connectivity index (χ1) is 7.49. The van der Waals surface area contributed by atoms with Crippen LogP contribution in [0.5, 0.6) is 0 Å². The maximum absolute atomic E-state index is 11.2. The standard InChI is InChI=1S/C10H13N3O3/c1-6(11)10(16)13-8-3-2-7(12-5-8)4-9(14)15/h2-3,5-6H,4,11H2,1H3,(H,13,16)(H,14,15)/t6-/m0/s1. The fourth-order valence-electron chi connectivity index (χ4n) is 1.01. The fourth-order valence-corrected chi connectivity index (χ4v) is 1.01. The van der Waals surface area contributed by atoms with E-state index < -0.39 is 12.0 Å². The number of nitrogens with one attached hydrogen (secondary N) is 1. The van der Waals surface area contributed by atoms with Crippen LogP contribution in [0.15, 0.2) is 18.3 Å². The molecule has 1 amide bonds. The van der Waals surface area contributed by atoms with Crippen LogP contribution in [0.4, 0.5) is 5.69 Å². The van der Waals surface area contributed by atoms with E-state index in [0.29, 0.717) is 11.4 Å². The van der Waals surface area contributed by atoms with Crippen molar-refractivity contribution in [2.24, 2.45) is 5.73 Å². The third-order valence-electron chi connectivity index (χ3n) is 1.84. The van der Waals surface area contributed by atoms with Gasteiger partial charge in [-0.05, 0) is 19.1 Å². The van der Waals surface area contributed by atoms with Gasteiger partial charge in [-0.25, -0.2) is 0 Å². The van der Waals surface area contributed by atoms with E-state index in [-0.39, 0.29) is 12.3 Å². The molecule has 0 saturated heterocycles. The molecule has 0 fully saturated rings. The summed E-state index contributed by atoms with van der Waals surface area (Å²) in [6.45, 7) is 1.57. The topological polar surface area (TPSA) is 105 Å². The highest BCUT2D eigenvalue weighted by Gasteiger charge is 2.08. The lowest BCUT2D eigenvalue weighted by molar-refractivity contribution is -0.136. The maximum Gasteiger partial charge on any atom is 0.309 e. The normalized spacial score (nSPS) is 11.9. The van der Waals surface area contributed by atoms with Crippen LogP contribution in [0.1, 0.15) is 12.6 Å². The summed E-state index contributed by atoms with van der Waals surface area (Å²) in [6, 6.07) is 2.54. The first-order valence-corrected chi connectivity index (χ1v) is 4.72. The highest BCUT2D eigenvalue weighted by atomic mass is 16.4. The van der Waals surface area contributed by atoms with E-state index in [1.54, 1.807) is 19.1 Å². The van der Waals surface area contributed by atoms with Gasteiger partial charge in [0, 0.05) is 0 Å². The van der Waals surface area contributed by atoms with Crippen molar-refractivity contribution < 1.29 is 14.7 Å². The van der Waals surface area contributed by atoms with E-state index in [0.717, 1.165) is 0 Å². The number of carbonyl (C=O) groups excluding carboxylic acids is 1. The van der Waals surface area contributed by atoms with Gasteiger partial charge in [0.15, 0.2) is 0 Å². The molecule has 0 spiro atoms. The molecule has 0 aliphatic rings. The second-order valence-electron chi connectivity index (χ2n) is 3.39. The summed E-state index contributed by atoms with van der Waals surface area (Å²) in [5, 5.41) is 11.1. The van der Waals surface area contributed by atoms with Crippen molar-refractivity contribution in [2.45, 2.75) is 19.4 Å². The smallest absolute Gasteiger partial charge is 0.309 e. The lowest BCUT2D eigenvalue weighted by Crippen LogP contribution is -2.32. The van der Waals surface area contributed by atoms with Gasteiger partial charge in [-0.1, -0.05) is 0 Å². The molecule has 16 heavy (non-hydrogen) atoms. The molecule has 86 valence electrons. The third kappa shape index (κ3) is 3.66. The molecule has 0 aliphatic heterocycles. The Morgan fingerprint density at radius 1 is 1.56 bits per heavy atom. The number of anilines is 1. The number of carbonyl (C=O) groups is 2. The molecule has 0 aromatic carbocycles. The summed E-state index contributed by atoms with van der Waals surface area (Å²) in [6.07, 6.45) is 1.26. The van der Waals surface area contributed by atoms with E-state index in [9.17, 15) is 9.59 Å². The Morgan fingerprint density at radius 3 is 2.69 bits per heavy atom. The first-order valence-electron chi connectivity index (χ1n) is 4.72. The lowest BCUT2D eigenvalue weighted by Gasteiger charge is -2.07. The quantitative estimate of drug-likeness (QED) is 0.666. The maximum atomic E-state index is 11.2. The van der Waals surface area contributed by atoms with Crippen LogP contribution in [0.2, 0.25) is 0 Å². The van der Waals surface area contributed by atoms with Gasteiger partial charge in [0.25, 0.3) is 0 Å². The van der Waals surface area contributed by atoms with E-state index in [4.69, 9.17) is 10.8 Å². The number of hydrogen-bond donors (Lipinski definition) is 3. The van der Waals surface area contributed by atoms with Gasteiger partial charge in [0.05, 0.1) is 30.0 Å². The Morgan fingerprint density at radius 2 is 2.25 bits per heavy atom. The number of carboxylic acid groups (broad SMARTS) is 1. The summed E-state index contributed by atoms with van der Waals surface area (Å²) in [5.41, 5.74) is 6.30. The summed E-state index contributed by atoms with van der Waals surface area (Å²) in [5.74, 6) is -1.26. The van der Waals surface area contributed by atoms with Crippen molar-refractivity contribution in [1.82, 2.24) is 4.98 Å². The number of hydrogen-bond acceptors (Lipinski definition) is 4.